The molecule has 0 aromatic heterocycles. The normalized spacial score (nSPS) is 13.8. The molecular weight excluding hydrogens is 288 g/mol. The summed E-state index contributed by atoms with van der Waals surface area (Å²) in [4.78, 5) is 0. The van der Waals surface area contributed by atoms with E-state index in [1.807, 2.05) is 20.8 Å². The maximum Gasteiger partial charge on any atom is 0.503 e. The van der Waals surface area contributed by atoms with Crippen LogP contribution in [0.3, 0.4) is 0 Å². The van der Waals surface area contributed by atoms with Gasteiger partial charge in [-0.2, -0.15) is 0 Å². The summed E-state index contributed by atoms with van der Waals surface area (Å²) in [6.45, 7) is 19.7. The molecule has 0 N–H and O–H groups in total. The quantitative estimate of drug-likeness (QED) is 0.568. The summed E-state index contributed by atoms with van der Waals surface area (Å²) >= 11 is 0. The van der Waals surface area contributed by atoms with E-state index in [0.717, 1.165) is 6.04 Å². The van der Waals surface area contributed by atoms with Gasteiger partial charge in [-0.1, -0.05) is 20.8 Å². The van der Waals surface area contributed by atoms with Crippen LogP contribution in [-0.4, -0.2) is 43.5 Å². The van der Waals surface area contributed by atoms with Crippen molar-refractivity contribution in [2.24, 2.45) is 0 Å². The topological polar surface area (TPSA) is 36.9 Å². The maximum absolute atomic E-state index is 6.22. The van der Waals surface area contributed by atoms with Gasteiger partial charge in [-0.3, -0.25) is 0 Å². The van der Waals surface area contributed by atoms with Crippen molar-refractivity contribution in [3.63, 3.8) is 0 Å². The van der Waals surface area contributed by atoms with Gasteiger partial charge in [0.15, 0.2) is 8.32 Å². The predicted molar refractivity (Wildman–Crippen MR) is 88.6 cm³/mol. The van der Waals surface area contributed by atoms with E-state index in [9.17, 15) is 0 Å². The molecule has 0 atom stereocenters. The lowest BCUT2D eigenvalue weighted by molar-refractivity contribution is 0.0670. The highest BCUT2D eigenvalue weighted by Crippen LogP contribution is 2.36. The zero-order chi connectivity index (χ0) is 15.9. The van der Waals surface area contributed by atoms with Gasteiger partial charge in [-0.05, 0) is 38.9 Å². The summed E-state index contributed by atoms with van der Waals surface area (Å²) in [5.41, 5.74) is 0. The third-order valence-corrected chi connectivity index (χ3v) is 11.3. The zero-order valence-electron chi connectivity index (χ0n) is 14.7. The van der Waals surface area contributed by atoms with Crippen molar-refractivity contribution in [1.82, 2.24) is 0 Å². The summed E-state index contributed by atoms with van der Waals surface area (Å²) in [5, 5.41) is 0.222. The van der Waals surface area contributed by atoms with Crippen molar-refractivity contribution in [2.45, 2.75) is 65.7 Å². The third-order valence-electron chi connectivity index (χ3n) is 3.77. The highest BCUT2D eigenvalue weighted by Gasteiger charge is 2.42. The molecule has 0 aromatic carbocycles. The molecule has 0 spiro atoms. The molecule has 0 aliphatic heterocycles. The van der Waals surface area contributed by atoms with Crippen LogP contribution in [0.15, 0.2) is 0 Å². The zero-order valence-corrected chi connectivity index (χ0v) is 16.7. The lowest BCUT2D eigenvalue weighted by Gasteiger charge is -2.37. The molecule has 0 amide bonds. The molecule has 0 bridgehead atoms. The third kappa shape index (κ3) is 6.36. The molecular formula is C14H34O4Si2. The molecule has 122 valence electrons. The molecule has 0 aromatic rings. The van der Waals surface area contributed by atoms with Gasteiger partial charge in [0.25, 0.3) is 0 Å². The Balaban J connectivity index is 4.60. The Labute approximate surface area is 127 Å². The van der Waals surface area contributed by atoms with E-state index in [1.165, 1.54) is 0 Å². The van der Waals surface area contributed by atoms with Crippen LogP contribution in [0.1, 0.15) is 41.5 Å². The summed E-state index contributed by atoms with van der Waals surface area (Å²) in [6, 6.07) is 0.731. The molecule has 0 rings (SSSR count). The van der Waals surface area contributed by atoms with Crippen molar-refractivity contribution >= 4 is 17.1 Å². The first-order valence-corrected chi connectivity index (χ1v) is 12.5. The first-order valence-electron chi connectivity index (χ1n) is 7.70. The van der Waals surface area contributed by atoms with Gasteiger partial charge < -0.3 is 17.7 Å². The van der Waals surface area contributed by atoms with Crippen LogP contribution in [0, 0.1) is 0 Å². The van der Waals surface area contributed by atoms with Crippen LogP contribution in [0.5, 0.6) is 0 Å². The minimum atomic E-state index is -2.56. The summed E-state index contributed by atoms with van der Waals surface area (Å²) in [7, 11) is -4.28. The summed E-state index contributed by atoms with van der Waals surface area (Å²) in [6.07, 6.45) is 0. The van der Waals surface area contributed by atoms with E-state index in [-0.39, 0.29) is 5.04 Å². The molecule has 0 saturated heterocycles. The van der Waals surface area contributed by atoms with E-state index >= 15 is 0 Å². The largest absolute Gasteiger partial charge is 0.503 e. The fourth-order valence-corrected chi connectivity index (χ4v) is 5.25. The fraction of sp³-hybridized carbons (Fsp3) is 1.00. The van der Waals surface area contributed by atoms with E-state index in [0.29, 0.717) is 26.4 Å². The smallest absolute Gasteiger partial charge is 0.417 e. The van der Waals surface area contributed by atoms with Crippen molar-refractivity contribution < 1.29 is 17.7 Å². The first kappa shape index (κ1) is 20.3. The molecule has 20 heavy (non-hydrogen) atoms. The second kappa shape index (κ2) is 8.65. The van der Waals surface area contributed by atoms with E-state index in [1.54, 1.807) is 0 Å². The molecule has 0 radical (unpaired) electrons. The Morgan fingerprint density at radius 2 is 1.15 bits per heavy atom. The minimum absolute atomic E-state index is 0.222. The van der Waals surface area contributed by atoms with Crippen LogP contribution in [0.4, 0.5) is 0 Å². The molecule has 0 aliphatic carbocycles. The van der Waals surface area contributed by atoms with Gasteiger partial charge in [0.2, 0.25) is 0 Å². The summed E-state index contributed by atoms with van der Waals surface area (Å²) in [5.74, 6) is 0. The van der Waals surface area contributed by atoms with Crippen LogP contribution in [-0.2, 0) is 17.7 Å². The Morgan fingerprint density at radius 1 is 0.750 bits per heavy atom. The standard InChI is InChI=1S/C14H34O4Si2/c1-9-15-20(16-10-2,17-11-3)13-12-18-19(7,8)14(4,5)6/h9-13H2,1-8H3. The molecule has 4 nitrogen and oxygen atoms in total. The lowest BCUT2D eigenvalue weighted by atomic mass is 10.2. The van der Waals surface area contributed by atoms with Crippen LogP contribution in [0.2, 0.25) is 24.2 Å². The molecule has 0 unspecified atom stereocenters. The van der Waals surface area contributed by atoms with E-state index in [4.69, 9.17) is 17.7 Å². The lowest BCUT2D eigenvalue weighted by Crippen LogP contribution is -2.48. The average molecular weight is 323 g/mol. The Hall–Kier alpha value is 0.274. The van der Waals surface area contributed by atoms with Crippen molar-refractivity contribution in [3.05, 3.63) is 0 Å². The van der Waals surface area contributed by atoms with Gasteiger partial charge in [-0.25, -0.2) is 0 Å². The number of hydrogen-bond donors (Lipinski definition) is 0. The van der Waals surface area contributed by atoms with Gasteiger partial charge in [0.1, 0.15) is 0 Å². The van der Waals surface area contributed by atoms with Crippen LogP contribution >= 0.6 is 0 Å². The van der Waals surface area contributed by atoms with Gasteiger partial charge >= 0.3 is 8.80 Å². The van der Waals surface area contributed by atoms with Crippen LogP contribution < -0.4 is 0 Å². The van der Waals surface area contributed by atoms with Crippen LogP contribution in [0.25, 0.3) is 0 Å². The minimum Gasteiger partial charge on any atom is -0.417 e. The molecule has 0 aliphatic rings. The van der Waals surface area contributed by atoms with E-state index in [2.05, 4.69) is 33.9 Å². The highest BCUT2D eigenvalue weighted by molar-refractivity contribution is 6.74. The fourth-order valence-electron chi connectivity index (χ4n) is 1.65. The van der Waals surface area contributed by atoms with E-state index < -0.39 is 17.1 Å². The first-order chi connectivity index (χ1) is 9.14. The second-order valence-electron chi connectivity index (χ2n) is 6.34. The number of rotatable bonds is 10. The Kier molecular flexibility index (Phi) is 8.77. The molecule has 0 fully saturated rings. The SMILES string of the molecule is CCO[Si](CCO[Si](C)(C)C(C)(C)C)(OCC)OCC. The Morgan fingerprint density at radius 3 is 1.45 bits per heavy atom. The number of hydrogen-bond acceptors (Lipinski definition) is 4. The monoisotopic (exact) mass is 322 g/mol. The molecule has 0 saturated carbocycles. The van der Waals surface area contributed by atoms with Gasteiger partial charge in [-0.15, -0.1) is 0 Å². The predicted octanol–water partition coefficient (Wildman–Crippen LogP) is 4.06. The Bertz CT molecular complexity index is 247. The second-order valence-corrected chi connectivity index (χ2v) is 13.9. The average Bonchev–Trinajstić information content (AvgIpc) is 2.28. The van der Waals surface area contributed by atoms with Crippen molar-refractivity contribution in [3.8, 4) is 0 Å². The highest BCUT2D eigenvalue weighted by atomic mass is 28.4. The van der Waals surface area contributed by atoms with Gasteiger partial charge in [0.05, 0.1) is 0 Å². The van der Waals surface area contributed by atoms with Crippen molar-refractivity contribution in [1.29, 1.82) is 0 Å². The molecule has 0 heterocycles. The summed E-state index contributed by atoms with van der Waals surface area (Å²) < 4.78 is 23.7. The maximum atomic E-state index is 6.22. The molecule has 6 heteroatoms. The van der Waals surface area contributed by atoms with Gasteiger partial charge in [0, 0.05) is 32.5 Å². The van der Waals surface area contributed by atoms with Crippen molar-refractivity contribution in [2.75, 3.05) is 26.4 Å².